The molecule has 6 heteroatoms. The Morgan fingerprint density at radius 1 is 1.36 bits per heavy atom. The van der Waals surface area contributed by atoms with Gasteiger partial charge in [0.2, 0.25) is 5.95 Å². The monoisotopic (exact) mass is 304 g/mol. The van der Waals surface area contributed by atoms with Gasteiger partial charge in [0.25, 0.3) is 0 Å². The molecule has 0 spiro atoms. The summed E-state index contributed by atoms with van der Waals surface area (Å²) in [5, 5.41) is 0. The highest BCUT2D eigenvalue weighted by Crippen LogP contribution is 2.18. The fraction of sp³-hybridized carbons (Fsp3) is 0.562. The van der Waals surface area contributed by atoms with Gasteiger partial charge in [0.1, 0.15) is 5.56 Å². The van der Waals surface area contributed by atoms with E-state index in [0.29, 0.717) is 23.8 Å². The zero-order chi connectivity index (χ0) is 15.9. The smallest absolute Gasteiger partial charge is 0.341 e. The number of aromatic nitrogens is 2. The fourth-order valence-corrected chi connectivity index (χ4v) is 2.34. The molecular formula is C16H24N4O2. The summed E-state index contributed by atoms with van der Waals surface area (Å²) in [7, 11) is 3.85. The van der Waals surface area contributed by atoms with Crippen molar-refractivity contribution in [3.63, 3.8) is 0 Å². The summed E-state index contributed by atoms with van der Waals surface area (Å²) in [4.78, 5) is 25.0. The van der Waals surface area contributed by atoms with Crippen LogP contribution in [0.1, 0.15) is 42.2 Å². The predicted molar refractivity (Wildman–Crippen MR) is 86.8 cm³/mol. The number of carbonyl (C=O) groups excluding carboxylic acids is 1. The fourth-order valence-electron chi connectivity index (χ4n) is 2.34. The van der Waals surface area contributed by atoms with Crippen LogP contribution in [0.5, 0.6) is 0 Å². The van der Waals surface area contributed by atoms with E-state index in [1.807, 2.05) is 31.3 Å². The molecule has 22 heavy (non-hydrogen) atoms. The first-order chi connectivity index (χ1) is 10.6. The van der Waals surface area contributed by atoms with E-state index >= 15 is 0 Å². The van der Waals surface area contributed by atoms with Crippen LogP contribution in [0.3, 0.4) is 0 Å². The lowest BCUT2D eigenvalue weighted by Crippen LogP contribution is -2.31. The van der Waals surface area contributed by atoms with Crippen LogP contribution >= 0.6 is 0 Å². The average molecular weight is 304 g/mol. The third kappa shape index (κ3) is 4.19. The predicted octanol–water partition coefficient (Wildman–Crippen LogP) is 2.18. The molecule has 0 amide bonds. The van der Waals surface area contributed by atoms with Crippen molar-refractivity contribution in [2.75, 3.05) is 38.7 Å². The van der Waals surface area contributed by atoms with E-state index in [2.05, 4.69) is 14.9 Å². The molecule has 0 aromatic carbocycles. The van der Waals surface area contributed by atoms with Crippen LogP contribution < -0.4 is 4.90 Å². The molecule has 0 atom stereocenters. The number of nitrogens with zero attached hydrogens (tertiary/aromatic N) is 4. The van der Waals surface area contributed by atoms with Gasteiger partial charge in [-0.25, -0.2) is 14.8 Å². The molecule has 0 radical (unpaired) electrons. The Kier molecular flexibility index (Phi) is 5.75. The number of hydrogen-bond donors (Lipinski definition) is 0. The molecule has 0 N–H and O–H groups in total. The Labute approximate surface area is 131 Å². The van der Waals surface area contributed by atoms with Crippen molar-refractivity contribution in [2.24, 2.45) is 0 Å². The Morgan fingerprint density at radius 2 is 2.09 bits per heavy atom. The SMILES string of the molecule is CCOC(=O)c1cnc(N2CCCCC2)nc1C=CN(C)C. The van der Waals surface area contributed by atoms with Crippen LogP contribution in [-0.4, -0.2) is 54.6 Å². The molecule has 0 bridgehead atoms. The number of carbonyl (C=O) groups is 1. The minimum Gasteiger partial charge on any atom is -0.462 e. The maximum Gasteiger partial charge on any atom is 0.341 e. The van der Waals surface area contributed by atoms with E-state index < -0.39 is 0 Å². The molecule has 2 rings (SSSR count). The largest absolute Gasteiger partial charge is 0.462 e. The van der Waals surface area contributed by atoms with E-state index in [-0.39, 0.29) is 5.97 Å². The average Bonchev–Trinajstić information content (AvgIpc) is 2.53. The van der Waals surface area contributed by atoms with E-state index in [1.54, 1.807) is 13.1 Å². The zero-order valence-corrected chi connectivity index (χ0v) is 13.6. The molecule has 1 fully saturated rings. The van der Waals surface area contributed by atoms with Crippen molar-refractivity contribution in [3.8, 4) is 0 Å². The highest BCUT2D eigenvalue weighted by atomic mass is 16.5. The molecule has 1 aliphatic heterocycles. The minimum atomic E-state index is -0.383. The second-order valence-electron chi connectivity index (χ2n) is 5.52. The van der Waals surface area contributed by atoms with Crippen LogP contribution in [0.2, 0.25) is 0 Å². The van der Waals surface area contributed by atoms with E-state index in [9.17, 15) is 4.79 Å². The number of hydrogen-bond acceptors (Lipinski definition) is 6. The van der Waals surface area contributed by atoms with Crippen LogP contribution in [-0.2, 0) is 4.74 Å². The molecule has 1 aliphatic rings. The van der Waals surface area contributed by atoms with Crippen molar-refractivity contribution < 1.29 is 9.53 Å². The molecule has 1 saturated heterocycles. The first-order valence-corrected chi connectivity index (χ1v) is 7.75. The van der Waals surface area contributed by atoms with Crippen molar-refractivity contribution in [2.45, 2.75) is 26.2 Å². The molecule has 6 nitrogen and oxygen atoms in total. The number of anilines is 1. The van der Waals surface area contributed by atoms with Crippen molar-refractivity contribution in [1.82, 2.24) is 14.9 Å². The van der Waals surface area contributed by atoms with Gasteiger partial charge in [-0.05, 0) is 32.3 Å². The summed E-state index contributed by atoms with van der Waals surface area (Å²) in [5.41, 5.74) is 1.00. The molecule has 2 heterocycles. The Hall–Kier alpha value is -2.11. The summed E-state index contributed by atoms with van der Waals surface area (Å²) in [6.07, 6.45) is 8.83. The first-order valence-electron chi connectivity index (χ1n) is 7.75. The summed E-state index contributed by atoms with van der Waals surface area (Å²) in [5.74, 6) is 0.303. The third-order valence-corrected chi connectivity index (χ3v) is 3.47. The lowest BCUT2D eigenvalue weighted by molar-refractivity contribution is 0.0525. The zero-order valence-electron chi connectivity index (χ0n) is 13.6. The topological polar surface area (TPSA) is 58.6 Å². The summed E-state index contributed by atoms with van der Waals surface area (Å²) in [6, 6.07) is 0. The third-order valence-electron chi connectivity index (χ3n) is 3.47. The van der Waals surface area contributed by atoms with E-state index in [0.717, 1.165) is 25.9 Å². The molecule has 1 aromatic rings. The van der Waals surface area contributed by atoms with Gasteiger partial charge in [0, 0.05) is 39.6 Å². The minimum absolute atomic E-state index is 0.337. The Morgan fingerprint density at radius 3 is 2.73 bits per heavy atom. The first kappa shape index (κ1) is 16.3. The van der Waals surface area contributed by atoms with Gasteiger partial charge in [-0.1, -0.05) is 0 Å². The standard InChI is InChI=1S/C16H24N4O2/c1-4-22-15(21)13-12-17-16(20-9-6-5-7-10-20)18-14(13)8-11-19(2)3/h8,11-12H,4-7,9-10H2,1-3H3. The van der Waals surface area contributed by atoms with Crippen LogP contribution in [0.15, 0.2) is 12.4 Å². The maximum atomic E-state index is 12.0. The molecular weight excluding hydrogens is 280 g/mol. The van der Waals surface area contributed by atoms with Gasteiger partial charge >= 0.3 is 5.97 Å². The molecule has 1 aromatic heterocycles. The number of ether oxygens (including phenoxy) is 1. The van der Waals surface area contributed by atoms with Crippen molar-refractivity contribution in [3.05, 3.63) is 23.7 Å². The van der Waals surface area contributed by atoms with Crippen LogP contribution in [0.25, 0.3) is 6.08 Å². The van der Waals surface area contributed by atoms with Gasteiger partial charge < -0.3 is 14.5 Å². The Balaban J connectivity index is 2.31. The summed E-state index contributed by atoms with van der Waals surface area (Å²) >= 11 is 0. The lowest BCUT2D eigenvalue weighted by Gasteiger charge is -2.26. The highest BCUT2D eigenvalue weighted by molar-refractivity contribution is 5.92. The second-order valence-corrected chi connectivity index (χ2v) is 5.52. The number of piperidine rings is 1. The van der Waals surface area contributed by atoms with Crippen molar-refractivity contribution >= 4 is 18.0 Å². The van der Waals surface area contributed by atoms with Gasteiger partial charge in [0.15, 0.2) is 0 Å². The number of rotatable bonds is 5. The van der Waals surface area contributed by atoms with Gasteiger partial charge in [-0.3, -0.25) is 0 Å². The quantitative estimate of drug-likeness (QED) is 0.777. The van der Waals surface area contributed by atoms with E-state index in [1.165, 1.54) is 6.42 Å². The second kappa shape index (κ2) is 7.77. The van der Waals surface area contributed by atoms with Gasteiger partial charge in [-0.2, -0.15) is 0 Å². The van der Waals surface area contributed by atoms with Crippen LogP contribution in [0.4, 0.5) is 5.95 Å². The summed E-state index contributed by atoms with van der Waals surface area (Å²) in [6.45, 7) is 4.06. The maximum absolute atomic E-state index is 12.0. The molecule has 0 saturated carbocycles. The van der Waals surface area contributed by atoms with Gasteiger partial charge in [0.05, 0.1) is 12.3 Å². The summed E-state index contributed by atoms with van der Waals surface area (Å²) < 4.78 is 5.08. The molecule has 120 valence electrons. The normalized spacial score (nSPS) is 15.1. The molecule has 0 aliphatic carbocycles. The Bertz CT molecular complexity index is 537. The highest BCUT2D eigenvalue weighted by Gasteiger charge is 2.18. The van der Waals surface area contributed by atoms with Gasteiger partial charge in [-0.15, -0.1) is 0 Å². The lowest BCUT2D eigenvalue weighted by atomic mass is 10.1. The molecule has 0 unspecified atom stereocenters. The van der Waals surface area contributed by atoms with E-state index in [4.69, 9.17) is 4.74 Å². The van der Waals surface area contributed by atoms with Crippen molar-refractivity contribution in [1.29, 1.82) is 0 Å². The van der Waals surface area contributed by atoms with Crippen LogP contribution in [0, 0.1) is 0 Å². The number of esters is 1.